The molecule has 3 atom stereocenters. The van der Waals surface area contributed by atoms with Crippen molar-refractivity contribution in [1.29, 1.82) is 0 Å². The summed E-state index contributed by atoms with van der Waals surface area (Å²) < 4.78 is 2.00. The topological polar surface area (TPSA) is 98.9 Å². The SMILES string of the molecule is Cc1cc([C@@H](C)Nc2ccccc2C(=O)O)c2nc(N3C[C@@H]4C[C@H]3CN4C)n3cnnc3c2c1. The third kappa shape index (κ3) is 3.19. The Morgan fingerprint density at radius 1 is 1.21 bits per heavy atom. The monoisotopic (exact) mass is 457 g/mol. The molecule has 2 aliphatic rings. The quantitative estimate of drug-likeness (QED) is 0.471. The van der Waals surface area contributed by atoms with Crippen molar-refractivity contribution in [2.75, 3.05) is 30.4 Å². The number of carboxylic acid groups (broad SMARTS) is 1. The van der Waals surface area contributed by atoms with Gasteiger partial charge >= 0.3 is 5.97 Å². The fourth-order valence-electron chi connectivity index (χ4n) is 5.57. The maximum absolute atomic E-state index is 11.7. The van der Waals surface area contributed by atoms with Crippen LogP contribution in [-0.2, 0) is 0 Å². The van der Waals surface area contributed by atoms with Crippen LogP contribution in [0, 0.1) is 6.92 Å². The minimum Gasteiger partial charge on any atom is -0.478 e. The summed E-state index contributed by atoms with van der Waals surface area (Å²) in [5, 5.41) is 22.6. The minimum absolute atomic E-state index is 0.171. The molecule has 4 aromatic rings. The molecule has 0 spiro atoms. The third-order valence-electron chi connectivity index (χ3n) is 7.27. The standard InChI is InChI=1S/C25H27N7O2/c1-14-8-19(15(2)27-21-7-5-4-6-18(21)24(33)34)22-20(9-14)23-29-26-13-32(23)25(28-22)31-12-16-10-17(31)11-30(16)3/h4-9,13,15-17,27H,10-12H2,1-3H3,(H,33,34)/t15-,16+,17+/m1/s1. The number of piperazine rings is 1. The van der Waals surface area contributed by atoms with Crippen molar-refractivity contribution >= 4 is 34.2 Å². The average molecular weight is 458 g/mol. The first-order chi connectivity index (χ1) is 16.4. The highest BCUT2D eigenvalue weighted by Crippen LogP contribution is 2.36. The summed E-state index contributed by atoms with van der Waals surface area (Å²) in [6, 6.07) is 12.0. The van der Waals surface area contributed by atoms with Gasteiger partial charge in [-0.25, -0.2) is 9.78 Å². The van der Waals surface area contributed by atoms with Gasteiger partial charge < -0.3 is 15.3 Å². The van der Waals surface area contributed by atoms with Crippen LogP contribution < -0.4 is 10.2 Å². The molecule has 9 heteroatoms. The van der Waals surface area contributed by atoms with Crippen LogP contribution in [0.2, 0.25) is 0 Å². The first-order valence-corrected chi connectivity index (χ1v) is 11.6. The molecule has 0 amide bonds. The number of carbonyl (C=O) groups is 1. The number of carboxylic acids is 1. The second kappa shape index (κ2) is 7.66. The number of nitrogens with one attached hydrogen (secondary N) is 1. The van der Waals surface area contributed by atoms with Crippen LogP contribution in [0.3, 0.4) is 0 Å². The van der Waals surface area contributed by atoms with Gasteiger partial charge in [-0.05, 0) is 51.1 Å². The van der Waals surface area contributed by atoms with Gasteiger partial charge in [0.25, 0.3) is 0 Å². The van der Waals surface area contributed by atoms with E-state index in [4.69, 9.17) is 4.98 Å². The van der Waals surface area contributed by atoms with E-state index in [0.717, 1.165) is 53.1 Å². The molecule has 34 heavy (non-hydrogen) atoms. The minimum atomic E-state index is -0.955. The molecular formula is C25H27N7O2. The molecule has 2 aromatic heterocycles. The lowest BCUT2D eigenvalue weighted by atomic mass is 10.0. The molecule has 2 aromatic carbocycles. The van der Waals surface area contributed by atoms with Gasteiger partial charge in [-0.1, -0.05) is 18.2 Å². The second-order valence-corrected chi connectivity index (χ2v) is 9.54. The van der Waals surface area contributed by atoms with E-state index in [-0.39, 0.29) is 11.6 Å². The Morgan fingerprint density at radius 3 is 2.76 bits per heavy atom. The van der Waals surface area contributed by atoms with Gasteiger partial charge in [-0.15, -0.1) is 10.2 Å². The van der Waals surface area contributed by atoms with Gasteiger partial charge in [0.2, 0.25) is 5.95 Å². The predicted molar refractivity (Wildman–Crippen MR) is 131 cm³/mol. The average Bonchev–Trinajstić information content (AvgIpc) is 3.54. The van der Waals surface area contributed by atoms with Crippen molar-refractivity contribution in [3.63, 3.8) is 0 Å². The number of rotatable bonds is 5. The number of para-hydroxylation sites is 1. The fourth-order valence-corrected chi connectivity index (χ4v) is 5.57. The van der Waals surface area contributed by atoms with Crippen LogP contribution in [0.25, 0.3) is 16.6 Å². The molecular weight excluding hydrogens is 430 g/mol. The van der Waals surface area contributed by atoms with Crippen molar-refractivity contribution in [3.05, 3.63) is 59.4 Å². The lowest BCUT2D eigenvalue weighted by molar-refractivity contribution is 0.0698. The maximum Gasteiger partial charge on any atom is 0.337 e. The van der Waals surface area contributed by atoms with E-state index in [1.54, 1.807) is 24.5 Å². The largest absolute Gasteiger partial charge is 0.478 e. The highest BCUT2D eigenvalue weighted by molar-refractivity contribution is 5.96. The van der Waals surface area contributed by atoms with E-state index in [1.807, 2.05) is 17.4 Å². The van der Waals surface area contributed by atoms with Crippen LogP contribution in [0.15, 0.2) is 42.7 Å². The maximum atomic E-state index is 11.7. The van der Waals surface area contributed by atoms with Crippen LogP contribution in [0.4, 0.5) is 11.6 Å². The molecule has 0 aliphatic carbocycles. The lowest BCUT2D eigenvalue weighted by Gasteiger charge is -2.33. The number of aromatic carboxylic acids is 1. The van der Waals surface area contributed by atoms with Gasteiger partial charge in [0.05, 0.1) is 17.1 Å². The number of anilines is 2. The molecule has 2 aliphatic heterocycles. The lowest BCUT2D eigenvalue weighted by Crippen LogP contribution is -2.45. The summed E-state index contributed by atoms with van der Waals surface area (Å²) in [5.74, 6) is -0.0830. The fraction of sp³-hybridized carbons (Fsp3) is 0.360. The smallest absolute Gasteiger partial charge is 0.337 e. The Balaban J connectivity index is 1.48. The summed E-state index contributed by atoms with van der Waals surface area (Å²) in [4.78, 5) is 21.7. The molecule has 174 valence electrons. The Bertz CT molecular complexity index is 1430. The van der Waals surface area contributed by atoms with E-state index in [9.17, 15) is 9.90 Å². The number of aryl methyl sites for hydroxylation is 1. The van der Waals surface area contributed by atoms with Gasteiger partial charge in [-0.3, -0.25) is 9.30 Å². The van der Waals surface area contributed by atoms with Crippen molar-refractivity contribution in [3.8, 4) is 0 Å². The summed E-state index contributed by atoms with van der Waals surface area (Å²) in [7, 11) is 2.19. The Labute approximate surface area is 197 Å². The Kier molecular flexibility index (Phi) is 4.70. The zero-order valence-corrected chi connectivity index (χ0v) is 19.4. The van der Waals surface area contributed by atoms with Gasteiger partial charge in [-0.2, -0.15) is 0 Å². The number of aromatic nitrogens is 4. The van der Waals surface area contributed by atoms with Gasteiger partial charge in [0.15, 0.2) is 5.65 Å². The number of hydrogen-bond acceptors (Lipinski definition) is 7. The number of hydrogen-bond donors (Lipinski definition) is 2. The van der Waals surface area contributed by atoms with Crippen molar-refractivity contribution in [1.82, 2.24) is 24.5 Å². The third-order valence-corrected chi connectivity index (χ3v) is 7.27. The molecule has 0 saturated carbocycles. The molecule has 6 rings (SSSR count). The zero-order valence-electron chi connectivity index (χ0n) is 19.4. The summed E-state index contributed by atoms with van der Waals surface area (Å²) >= 11 is 0. The first kappa shape index (κ1) is 20.9. The Hall–Kier alpha value is -3.72. The predicted octanol–water partition coefficient (Wildman–Crippen LogP) is 3.35. The Morgan fingerprint density at radius 2 is 2.03 bits per heavy atom. The summed E-state index contributed by atoms with van der Waals surface area (Å²) in [6.07, 6.45) is 2.89. The molecule has 0 unspecified atom stereocenters. The van der Waals surface area contributed by atoms with E-state index in [1.165, 1.54) is 0 Å². The molecule has 9 nitrogen and oxygen atoms in total. The number of likely N-dealkylation sites (N-methyl/N-ethyl adjacent to an activating group) is 1. The molecule has 2 fully saturated rings. The van der Waals surface area contributed by atoms with Crippen LogP contribution in [0.1, 0.15) is 40.9 Å². The normalized spacial score (nSPS) is 21.0. The molecule has 2 bridgehead atoms. The van der Waals surface area contributed by atoms with E-state index in [2.05, 4.69) is 51.4 Å². The van der Waals surface area contributed by atoms with E-state index < -0.39 is 5.97 Å². The van der Waals surface area contributed by atoms with E-state index >= 15 is 0 Å². The van der Waals surface area contributed by atoms with Gasteiger partial charge in [0.1, 0.15) is 6.33 Å². The molecule has 0 radical (unpaired) electrons. The number of nitrogens with zero attached hydrogens (tertiary/aromatic N) is 6. The van der Waals surface area contributed by atoms with Gasteiger partial charge in [0, 0.05) is 41.8 Å². The van der Waals surface area contributed by atoms with Crippen LogP contribution in [-0.4, -0.2) is 67.8 Å². The second-order valence-electron chi connectivity index (χ2n) is 9.54. The first-order valence-electron chi connectivity index (χ1n) is 11.6. The van der Waals surface area contributed by atoms with Crippen LogP contribution in [0.5, 0.6) is 0 Å². The molecule has 2 saturated heterocycles. The summed E-state index contributed by atoms with van der Waals surface area (Å²) in [5.41, 5.74) is 4.58. The molecule has 4 heterocycles. The van der Waals surface area contributed by atoms with E-state index in [0.29, 0.717) is 17.8 Å². The highest BCUT2D eigenvalue weighted by atomic mass is 16.4. The van der Waals surface area contributed by atoms with Crippen molar-refractivity contribution in [2.45, 2.75) is 38.4 Å². The summed E-state index contributed by atoms with van der Waals surface area (Å²) in [6.45, 7) is 6.05. The number of benzene rings is 2. The zero-order chi connectivity index (χ0) is 23.6. The number of fused-ring (bicyclic) bond motifs is 5. The van der Waals surface area contributed by atoms with Crippen LogP contribution >= 0.6 is 0 Å². The van der Waals surface area contributed by atoms with Crippen molar-refractivity contribution < 1.29 is 9.90 Å². The van der Waals surface area contributed by atoms with Crippen molar-refractivity contribution in [2.24, 2.45) is 0 Å². The highest BCUT2D eigenvalue weighted by Gasteiger charge is 2.43. The number of likely N-dealkylation sites (tertiary alicyclic amines) is 1. The molecule has 2 N–H and O–H groups in total.